The van der Waals surface area contributed by atoms with E-state index in [1.54, 1.807) is 6.92 Å². The predicted octanol–water partition coefficient (Wildman–Crippen LogP) is 3.19. The van der Waals surface area contributed by atoms with Gasteiger partial charge in [-0.15, -0.1) is 0 Å². The highest BCUT2D eigenvalue weighted by atomic mass is 32.2. The zero-order chi connectivity index (χ0) is 27.5. The van der Waals surface area contributed by atoms with E-state index in [4.69, 9.17) is 14.0 Å². The molecule has 4 aliphatic rings. The van der Waals surface area contributed by atoms with Crippen LogP contribution < -0.4 is 0 Å². The second kappa shape index (κ2) is 8.92. The van der Waals surface area contributed by atoms with E-state index in [2.05, 4.69) is 11.3 Å². The van der Waals surface area contributed by atoms with Gasteiger partial charge in [0, 0.05) is 17.4 Å². The lowest BCUT2D eigenvalue weighted by molar-refractivity contribution is -0.271. The van der Waals surface area contributed by atoms with Gasteiger partial charge in [-0.05, 0) is 51.9 Å². The molecule has 0 aromatic heterocycles. The number of alkyl halides is 5. The molecule has 0 amide bonds. The third kappa shape index (κ3) is 4.95. The molecule has 0 saturated heterocycles. The fourth-order valence-electron chi connectivity index (χ4n) is 5.82. The summed E-state index contributed by atoms with van der Waals surface area (Å²) < 4.78 is 113. The van der Waals surface area contributed by atoms with Gasteiger partial charge in [-0.3, -0.25) is 9.35 Å². The quantitative estimate of drug-likeness (QED) is 0.160. The first-order valence-electron chi connectivity index (χ1n) is 10.9. The molecule has 204 valence electrons. The van der Waals surface area contributed by atoms with Crippen molar-refractivity contribution < 1.29 is 63.5 Å². The Bertz CT molecular complexity index is 1050. The lowest BCUT2D eigenvalue weighted by Crippen LogP contribution is -2.64. The molecule has 4 fully saturated rings. The van der Waals surface area contributed by atoms with Crippen molar-refractivity contribution in [3.05, 3.63) is 12.2 Å². The van der Waals surface area contributed by atoms with Gasteiger partial charge in [0.1, 0.15) is 5.60 Å². The smallest absolute Gasteiger partial charge is 0.432 e. The Morgan fingerprint density at radius 3 is 2.06 bits per heavy atom. The molecule has 0 aromatic rings. The van der Waals surface area contributed by atoms with Crippen LogP contribution in [-0.2, 0) is 38.7 Å². The van der Waals surface area contributed by atoms with E-state index in [0.29, 0.717) is 12.8 Å². The van der Waals surface area contributed by atoms with Gasteiger partial charge in [0.2, 0.25) is 0 Å². The van der Waals surface area contributed by atoms with Gasteiger partial charge in [0.15, 0.2) is 6.61 Å². The summed E-state index contributed by atoms with van der Waals surface area (Å²) in [6.45, 7) is 5.62. The lowest BCUT2D eigenvalue weighted by Gasteiger charge is -2.62. The summed E-state index contributed by atoms with van der Waals surface area (Å²) in [6.07, 6.45) is -9.82. The van der Waals surface area contributed by atoms with Gasteiger partial charge in [0.05, 0.1) is 5.41 Å². The molecular formula is C21H25F5O9S. The van der Waals surface area contributed by atoms with Crippen LogP contribution in [0.15, 0.2) is 12.2 Å². The van der Waals surface area contributed by atoms with Crippen molar-refractivity contribution >= 4 is 28.0 Å². The predicted molar refractivity (Wildman–Crippen MR) is 109 cm³/mol. The number of hydrogen-bond acceptors (Lipinski definition) is 8. The fourth-order valence-corrected chi connectivity index (χ4v) is 6.27. The van der Waals surface area contributed by atoms with Crippen molar-refractivity contribution in [2.75, 3.05) is 6.61 Å². The van der Waals surface area contributed by atoms with Gasteiger partial charge < -0.3 is 14.2 Å². The first-order valence-corrected chi connectivity index (χ1v) is 12.3. The molecule has 1 N–H and O–H groups in total. The maximum absolute atomic E-state index is 13.9. The first-order chi connectivity index (χ1) is 16.2. The van der Waals surface area contributed by atoms with Crippen molar-refractivity contribution in [2.24, 2.45) is 23.2 Å². The van der Waals surface area contributed by atoms with Gasteiger partial charge in [0.25, 0.3) is 6.10 Å². The van der Waals surface area contributed by atoms with Crippen LogP contribution in [0.4, 0.5) is 22.0 Å². The zero-order valence-corrected chi connectivity index (χ0v) is 20.1. The van der Waals surface area contributed by atoms with Gasteiger partial charge in [-0.1, -0.05) is 6.58 Å². The summed E-state index contributed by atoms with van der Waals surface area (Å²) in [5.41, 5.74) is -2.75. The molecule has 0 radical (unpaired) electrons. The second-order valence-corrected chi connectivity index (χ2v) is 11.5. The average Bonchev–Trinajstić information content (AvgIpc) is 2.71. The Hall–Kier alpha value is -2.29. The van der Waals surface area contributed by atoms with Gasteiger partial charge in [-0.25, -0.2) is 9.59 Å². The minimum atomic E-state index is -6.56. The number of halogens is 5. The van der Waals surface area contributed by atoms with Crippen LogP contribution in [0.1, 0.15) is 46.0 Å². The van der Waals surface area contributed by atoms with E-state index in [1.165, 1.54) is 6.92 Å². The highest BCUT2D eigenvalue weighted by Gasteiger charge is 2.69. The van der Waals surface area contributed by atoms with Crippen molar-refractivity contribution in [1.82, 2.24) is 0 Å². The SMILES string of the molecule is C=C(C)C(=O)OCC(=O)OC1(C)C2CC3CC1CC(C(=O)OC(C(F)(F)F)C(F)(F)S(=O)(=O)O)(C3)C2. The largest absolute Gasteiger partial charge is 0.456 e. The molecule has 0 aliphatic heterocycles. The number of rotatable bonds is 8. The molecule has 3 atom stereocenters. The van der Waals surface area contributed by atoms with Crippen LogP contribution in [-0.4, -0.2) is 60.6 Å². The zero-order valence-electron chi connectivity index (χ0n) is 19.3. The molecule has 0 spiro atoms. The van der Waals surface area contributed by atoms with Crippen molar-refractivity contribution in [3.8, 4) is 0 Å². The summed E-state index contributed by atoms with van der Waals surface area (Å²) in [5, 5.41) is -5.82. The van der Waals surface area contributed by atoms with E-state index in [9.17, 15) is 44.8 Å². The molecule has 4 saturated carbocycles. The molecule has 4 rings (SSSR count). The van der Waals surface area contributed by atoms with E-state index in [0.717, 1.165) is 0 Å². The molecule has 15 heteroatoms. The highest BCUT2D eigenvalue weighted by Crippen LogP contribution is 2.65. The van der Waals surface area contributed by atoms with Crippen LogP contribution in [0.3, 0.4) is 0 Å². The Labute approximate surface area is 203 Å². The standard InChI is InChI=1S/C21H25F5O9S/c1-10(2)15(28)33-9-14(27)35-18(3)12-4-11-5-13(18)8-19(6-11,7-12)17(29)34-16(20(22,23)24)21(25,26)36(30,31)32/h11-13,16H,1,4-9H2,2-3H3,(H,30,31,32). The number of esters is 3. The molecule has 9 nitrogen and oxygen atoms in total. The topological polar surface area (TPSA) is 133 Å². The molecular weight excluding hydrogens is 523 g/mol. The van der Waals surface area contributed by atoms with Crippen LogP contribution in [0.25, 0.3) is 0 Å². The summed E-state index contributed by atoms with van der Waals surface area (Å²) in [4.78, 5) is 36.7. The minimum Gasteiger partial charge on any atom is -0.456 e. The molecule has 4 bridgehead atoms. The Morgan fingerprint density at radius 1 is 1.08 bits per heavy atom. The van der Waals surface area contributed by atoms with E-state index < -0.39 is 75.0 Å². The van der Waals surface area contributed by atoms with Crippen LogP contribution in [0, 0.1) is 23.2 Å². The second-order valence-electron chi connectivity index (χ2n) is 10.0. The number of carbonyl (C=O) groups excluding carboxylic acids is 3. The highest BCUT2D eigenvalue weighted by molar-refractivity contribution is 7.86. The van der Waals surface area contributed by atoms with E-state index >= 15 is 0 Å². The van der Waals surface area contributed by atoms with Gasteiger partial charge >= 0.3 is 39.5 Å². The third-order valence-corrected chi connectivity index (χ3v) is 8.32. The summed E-state index contributed by atoms with van der Waals surface area (Å²) in [7, 11) is -6.56. The molecule has 36 heavy (non-hydrogen) atoms. The van der Waals surface area contributed by atoms with Crippen molar-refractivity contribution in [3.63, 3.8) is 0 Å². The summed E-state index contributed by atoms with van der Waals surface area (Å²) >= 11 is 0. The molecule has 0 aromatic carbocycles. The summed E-state index contributed by atoms with van der Waals surface area (Å²) in [6, 6.07) is 0. The number of ether oxygens (including phenoxy) is 3. The third-order valence-electron chi connectivity index (χ3n) is 7.42. The number of hydrogen-bond donors (Lipinski definition) is 1. The lowest BCUT2D eigenvalue weighted by atomic mass is 9.45. The van der Waals surface area contributed by atoms with Crippen LogP contribution in [0.2, 0.25) is 0 Å². The fraction of sp³-hybridized carbons (Fsp3) is 0.762. The maximum atomic E-state index is 13.9. The summed E-state index contributed by atoms with van der Waals surface area (Å²) in [5.74, 6) is -4.66. The number of carbonyl (C=O) groups is 3. The van der Waals surface area contributed by atoms with Crippen LogP contribution >= 0.6 is 0 Å². The molecule has 4 aliphatic carbocycles. The normalized spacial score (nSPS) is 32.5. The monoisotopic (exact) mass is 548 g/mol. The Kier molecular flexibility index (Phi) is 7.01. The van der Waals surface area contributed by atoms with E-state index in [1.807, 2.05) is 0 Å². The Balaban J connectivity index is 1.79. The van der Waals surface area contributed by atoms with E-state index in [-0.39, 0.29) is 30.8 Å². The van der Waals surface area contributed by atoms with Crippen molar-refractivity contribution in [1.29, 1.82) is 0 Å². The minimum absolute atomic E-state index is 0.0289. The first kappa shape index (κ1) is 28.3. The molecule has 3 unspecified atom stereocenters. The van der Waals surface area contributed by atoms with Gasteiger partial charge in [-0.2, -0.15) is 30.4 Å². The molecule has 0 heterocycles. The van der Waals surface area contributed by atoms with Crippen LogP contribution in [0.5, 0.6) is 0 Å². The Morgan fingerprint density at radius 2 is 1.61 bits per heavy atom. The average molecular weight is 548 g/mol. The van der Waals surface area contributed by atoms with Crippen molar-refractivity contribution in [2.45, 2.75) is 69.1 Å². The maximum Gasteiger partial charge on any atom is 0.432 e.